The second-order valence-electron chi connectivity index (χ2n) is 5.06. The van der Waals surface area contributed by atoms with Crippen LogP contribution in [-0.4, -0.2) is 37.8 Å². The summed E-state index contributed by atoms with van der Waals surface area (Å²) in [5, 5.41) is 15.2. The van der Waals surface area contributed by atoms with Crippen molar-refractivity contribution in [3.8, 4) is 5.75 Å². The number of phenolic OH excluding ortho intramolecular Hbond substituents is 1. The van der Waals surface area contributed by atoms with Crippen LogP contribution in [0.15, 0.2) is 23.1 Å². The topological polar surface area (TPSA) is 95.5 Å². The largest absolute Gasteiger partial charge is 0.506 e. The van der Waals surface area contributed by atoms with Crippen molar-refractivity contribution in [1.82, 2.24) is 5.32 Å². The average molecular weight is 300 g/mol. The minimum atomic E-state index is -3.40. The molecule has 0 saturated heterocycles. The van der Waals surface area contributed by atoms with Gasteiger partial charge in [-0.2, -0.15) is 0 Å². The second-order valence-corrected chi connectivity index (χ2v) is 7.08. The molecule has 0 aromatic heterocycles. The van der Waals surface area contributed by atoms with Crippen LogP contribution < -0.4 is 10.6 Å². The van der Waals surface area contributed by atoms with E-state index >= 15 is 0 Å². The summed E-state index contributed by atoms with van der Waals surface area (Å²) in [6.07, 6.45) is 1.06. The molecule has 0 unspecified atom stereocenters. The lowest BCUT2D eigenvalue weighted by molar-refractivity contribution is -0.121. The van der Waals surface area contributed by atoms with Gasteiger partial charge in [-0.25, -0.2) is 8.42 Å². The van der Waals surface area contributed by atoms with Crippen LogP contribution in [0.3, 0.4) is 0 Å². The fourth-order valence-electron chi connectivity index (χ4n) is 1.65. The summed E-state index contributed by atoms with van der Waals surface area (Å²) in [6.45, 7) is 5.87. The van der Waals surface area contributed by atoms with Gasteiger partial charge in [-0.3, -0.25) is 4.79 Å². The summed E-state index contributed by atoms with van der Waals surface area (Å²) in [5.41, 5.74) is -0.758. The lowest BCUT2D eigenvalue weighted by Crippen LogP contribution is -2.49. The zero-order chi connectivity index (χ0) is 15.6. The predicted octanol–water partition coefficient (Wildman–Crippen LogP) is 1.12. The van der Waals surface area contributed by atoms with E-state index in [0.717, 1.165) is 6.26 Å². The number of hydrogen-bond donors (Lipinski definition) is 3. The van der Waals surface area contributed by atoms with Crippen molar-refractivity contribution >= 4 is 21.4 Å². The third-order valence-corrected chi connectivity index (χ3v) is 3.94. The number of hydrogen-bond acceptors (Lipinski definition) is 5. The van der Waals surface area contributed by atoms with Gasteiger partial charge in [0.05, 0.1) is 16.1 Å². The molecule has 20 heavy (non-hydrogen) atoms. The van der Waals surface area contributed by atoms with Gasteiger partial charge in [0.1, 0.15) is 5.75 Å². The van der Waals surface area contributed by atoms with Crippen molar-refractivity contribution in [2.75, 3.05) is 18.1 Å². The van der Waals surface area contributed by atoms with Crippen molar-refractivity contribution in [2.24, 2.45) is 0 Å². The van der Waals surface area contributed by atoms with Crippen LogP contribution >= 0.6 is 0 Å². The van der Waals surface area contributed by atoms with E-state index in [9.17, 15) is 18.3 Å². The molecule has 0 atom stereocenters. The molecule has 1 amide bonds. The zero-order valence-electron chi connectivity index (χ0n) is 12.0. The predicted molar refractivity (Wildman–Crippen MR) is 77.6 cm³/mol. The Hall–Kier alpha value is -1.60. The molecule has 3 N–H and O–H groups in total. The lowest BCUT2D eigenvalue weighted by atomic mass is 10.0. The van der Waals surface area contributed by atoms with Crippen LogP contribution in [0.2, 0.25) is 0 Å². The quantitative estimate of drug-likeness (QED) is 0.708. The van der Waals surface area contributed by atoms with E-state index in [4.69, 9.17) is 0 Å². The van der Waals surface area contributed by atoms with E-state index in [1.807, 2.05) is 6.92 Å². The highest BCUT2D eigenvalue weighted by Gasteiger charge is 2.27. The van der Waals surface area contributed by atoms with Crippen molar-refractivity contribution in [3.63, 3.8) is 0 Å². The molecular formula is C13H20N2O4S. The van der Waals surface area contributed by atoms with Gasteiger partial charge in [0.2, 0.25) is 5.91 Å². The number of sulfone groups is 1. The van der Waals surface area contributed by atoms with Crippen molar-refractivity contribution in [1.29, 1.82) is 0 Å². The molecule has 0 spiro atoms. The highest BCUT2D eigenvalue weighted by molar-refractivity contribution is 7.90. The number of anilines is 1. The summed E-state index contributed by atoms with van der Waals surface area (Å²) in [6, 6.07) is 3.77. The number of phenols is 1. The van der Waals surface area contributed by atoms with Gasteiger partial charge in [0.25, 0.3) is 0 Å². The Bertz CT molecular complexity index is 609. The zero-order valence-corrected chi connectivity index (χ0v) is 12.8. The third-order valence-electron chi connectivity index (χ3n) is 2.83. The first-order chi connectivity index (χ1) is 9.08. The summed E-state index contributed by atoms with van der Waals surface area (Å²) in [4.78, 5) is 12.1. The van der Waals surface area contributed by atoms with E-state index < -0.39 is 15.4 Å². The first-order valence-electron chi connectivity index (χ1n) is 6.17. The Balaban J connectivity index is 3.07. The number of aromatic hydroxyl groups is 1. The molecule has 0 aliphatic heterocycles. The molecule has 7 heteroatoms. The van der Waals surface area contributed by atoms with Gasteiger partial charge in [-0.15, -0.1) is 0 Å². The van der Waals surface area contributed by atoms with Crippen molar-refractivity contribution < 1.29 is 18.3 Å². The van der Waals surface area contributed by atoms with E-state index in [1.165, 1.54) is 18.2 Å². The highest BCUT2D eigenvalue weighted by Crippen LogP contribution is 2.27. The van der Waals surface area contributed by atoms with E-state index in [1.54, 1.807) is 13.8 Å². The number of benzene rings is 1. The van der Waals surface area contributed by atoms with Crippen LogP contribution in [0.5, 0.6) is 5.75 Å². The van der Waals surface area contributed by atoms with Gasteiger partial charge in [0, 0.05) is 6.26 Å². The maximum Gasteiger partial charge on any atom is 0.244 e. The minimum Gasteiger partial charge on any atom is -0.506 e. The van der Waals surface area contributed by atoms with Gasteiger partial charge >= 0.3 is 0 Å². The normalized spacial score (nSPS) is 12.2. The monoisotopic (exact) mass is 300 g/mol. The summed E-state index contributed by atoms with van der Waals surface area (Å²) >= 11 is 0. The standard InChI is InChI=1S/C13H20N2O4S/c1-5-14-13(2,3)12(17)15-10-8-9(20(4,18)19)6-7-11(10)16/h6-8,14,16H,5H2,1-4H3,(H,15,17). The first kappa shape index (κ1) is 16.5. The number of carbonyl (C=O) groups excluding carboxylic acids is 1. The van der Waals surface area contributed by atoms with E-state index in [2.05, 4.69) is 10.6 Å². The molecule has 0 saturated carbocycles. The maximum atomic E-state index is 12.1. The number of nitrogens with one attached hydrogen (secondary N) is 2. The van der Waals surface area contributed by atoms with Crippen molar-refractivity contribution in [3.05, 3.63) is 18.2 Å². The summed E-state index contributed by atoms with van der Waals surface area (Å²) in [5.74, 6) is -0.543. The van der Waals surface area contributed by atoms with Gasteiger partial charge in [-0.1, -0.05) is 6.92 Å². The molecule has 0 aliphatic carbocycles. The molecule has 0 fully saturated rings. The SMILES string of the molecule is CCNC(C)(C)C(=O)Nc1cc(S(C)(=O)=O)ccc1O. The summed E-state index contributed by atoms with van der Waals surface area (Å²) < 4.78 is 22.9. The molecule has 1 aromatic carbocycles. The number of likely N-dealkylation sites (N-methyl/N-ethyl adjacent to an activating group) is 1. The summed E-state index contributed by atoms with van der Waals surface area (Å²) in [7, 11) is -3.40. The van der Waals surface area contributed by atoms with Crippen LogP contribution in [0.1, 0.15) is 20.8 Å². The van der Waals surface area contributed by atoms with Crippen molar-refractivity contribution in [2.45, 2.75) is 31.2 Å². The maximum absolute atomic E-state index is 12.1. The molecule has 0 radical (unpaired) electrons. The molecule has 0 aliphatic rings. The first-order valence-corrected chi connectivity index (χ1v) is 8.06. The van der Waals surface area contributed by atoms with Crippen LogP contribution in [0.4, 0.5) is 5.69 Å². The molecule has 0 bridgehead atoms. The fourth-order valence-corrected chi connectivity index (χ4v) is 2.29. The van der Waals surface area contributed by atoms with E-state index in [0.29, 0.717) is 6.54 Å². The van der Waals surface area contributed by atoms with Crippen LogP contribution in [0.25, 0.3) is 0 Å². The Kier molecular flexibility index (Phi) is 4.77. The molecule has 0 heterocycles. The smallest absolute Gasteiger partial charge is 0.244 e. The molecule has 1 aromatic rings. The lowest BCUT2D eigenvalue weighted by Gasteiger charge is -2.24. The Morgan fingerprint density at radius 2 is 1.95 bits per heavy atom. The number of amides is 1. The molecule has 112 valence electrons. The number of rotatable bonds is 5. The Morgan fingerprint density at radius 1 is 1.35 bits per heavy atom. The van der Waals surface area contributed by atoms with E-state index in [-0.39, 0.29) is 22.2 Å². The average Bonchev–Trinajstić information content (AvgIpc) is 2.30. The van der Waals surface area contributed by atoms with Gasteiger partial charge in [-0.05, 0) is 38.6 Å². The molecule has 1 rings (SSSR count). The molecule has 6 nitrogen and oxygen atoms in total. The Morgan fingerprint density at radius 3 is 2.45 bits per heavy atom. The van der Waals surface area contributed by atoms with Crippen LogP contribution in [0, 0.1) is 0 Å². The minimum absolute atomic E-state index is 0.0341. The van der Waals surface area contributed by atoms with Gasteiger partial charge in [0.15, 0.2) is 9.84 Å². The third kappa shape index (κ3) is 3.94. The van der Waals surface area contributed by atoms with Crippen LogP contribution in [-0.2, 0) is 14.6 Å². The second kappa shape index (κ2) is 5.80. The fraction of sp³-hybridized carbons (Fsp3) is 0.462. The Labute approximate surface area is 119 Å². The number of carbonyl (C=O) groups is 1. The highest BCUT2D eigenvalue weighted by atomic mass is 32.2. The van der Waals surface area contributed by atoms with Gasteiger partial charge < -0.3 is 15.7 Å². The molecular weight excluding hydrogens is 280 g/mol.